The van der Waals surface area contributed by atoms with Crippen LogP contribution in [0.1, 0.15) is 55.3 Å². The molecular formula is C24H29N3O4. The zero-order chi connectivity index (χ0) is 22.8. The summed E-state index contributed by atoms with van der Waals surface area (Å²) in [6, 6.07) is 9.94. The molecule has 1 aliphatic heterocycles. The van der Waals surface area contributed by atoms with Crippen molar-refractivity contribution in [1.29, 1.82) is 5.26 Å². The van der Waals surface area contributed by atoms with Gasteiger partial charge in [-0.2, -0.15) is 10.4 Å². The Kier molecular flexibility index (Phi) is 6.51. The molecule has 164 valence electrons. The van der Waals surface area contributed by atoms with Crippen molar-refractivity contribution in [2.45, 2.75) is 52.6 Å². The van der Waals surface area contributed by atoms with E-state index in [1.807, 2.05) is 38.1 Å². The Hall–Kier alpha value is -3.11. The predicted octanol–water partition coefficient (Wildman–Crippen LogP) is 4.67. The smallest absolute Gasteiger partial charge is 0.428 e. The van der Waals surface area contributed by atoms with Crippen LogP contribution in [0.2, 0.25) is 0 Å². The van der Waals surface area contributed by atoms with Gasteiger partial charge in [-0.1, -0.05) is 45.0 Å². The van der Waals surface area contributed by atoms with Crippen molar-refractivity contribution in [3.63, 3.8) is 0 Å². The van der Waals surface area contributed by atoms with Crippen LogP contribution in [0.15, 0.2) is 24.3 Å². The molecule has 1 aromatic carbocycles. The van der Waals surface area contributed by atoms with Crippen LogP contribution >= 0.6 is 0 Å². The Morgan fingerprint density at radius 1 is 1.26 bits per heavy atom. The van der Waals surface area contributed by atoms with Crippen LogP contribution in [0.25, 0.3) is 11.3 Å². The van der Waals surface area contributed by atoms with E-state index in [4.69, 9.17) is 14.2 Å². The number of carbonyl (C=O) groups is 1. The van der Waals surface area contributed by atoms with E-state index in [0.29, 0.717) is 30.9 Å². The van der Waals surface area contributed by atoms with E-state index in [2.05, 4.69) is 31.9 Å². The number of nitrogens with zero attached hydrogens (tertiary/aromatic N) is 3. The van der Waals surface area contributed by atoms with Gasteiger partial charge < -0.3 is 14.2 Å². The standard InChI is InChI=1S/C24H29N3O4/c1-15-16(2)26-27(6)21(15)22(31-23(28)30-19-11-12-29-14-19)20(13-25)17-7-9-18(10-8-17)24(3,4)5/h7-10,19H,11-12,14H2,1-6H3/b22-20-. The molecule has 0 bridgehead atoms. The largest absolute Gasteiger partial charge is 0.514 e. The number of aryl methyl sites for hydroxylation is 2. The highest BCUT2D eigenvalue weighted by Crippen LogP contribution is 2.32. The normalized spacial score (nSPS) is 17.1. The summed E-state index contributed by atoms with van der Waals surface area (Å²) in [7, 11) is 1.76. The van der Waals surface area contributed by atoms with Crippen molar-refractivity contribution in [2.24, 2.45) is 7.05 Å². The molecule has 1 atom stereocenters. The molecule has 0 N–H and O–H groups in total. The van der Waals surface area contributed by atoms with Crippen molar-refractivity contribution in [3.8, 4) is 6.07 Å². The van der Waals surface area contributed by atoms with Gasteiger partial charge in [0, 0.05) is 19.0 Å². The molecule has 31 heavy (non-hydrogen) atoms. The highest BCUT2D eigenvalue weighted by molar-refractivity contribution is 5.97. The van der Waals surface area contributed by atoms with E-state index in [-0.39, 0.29) is 22.9 Å². The summed E-state index contributed by atoms with van der Waals surface area (Å²) in [6.07, 6.45) is -0.584. The van der Waals surface area contributed by atoms with E-state index in [9.17, 15) is 10.1 Å². The Morgan fingerprint density at radius 2 is 1.94 bits per heavy atom. The van der Waals surface area contributed by atoms with Crippen LogP contribution in [0.3, 0.4) is 0 Å². The van der Waals surface area contributed by atoms with E-state index < -0.39 is 6.16 Å². The third-order valence-corrected chi connectivity index (χ3v) is 5.45. The summed E-state index contributed by atoms with van der Waals surface area (Å²) < 4.78 is 17.9. The van der Waals surface area contributed by atoms with E-state index in [0.717, 1.165) is 16.8 Å². The van der Waals surface area contributed by atoms with Gasteiger partial charge in [-0.15, -0.1) is 0 Å². The average molecular weight is 424 g/mol. The maximum Gasteiger partial charge on any atom is 0.514 e. The first-order chi connectivity index (χ1) is 14.6. The number of rotatable bonds is 4. The topological polar surface area (TPSA) is 86.4 Å². The van der Waals surface area contributed by atoms with Crippen LogP contribution in [0, 0.1) is 25.2 Å². The van der Waals surface area contributed by atoms with Crippen molar-refractivity contribution < 1.29 is 19.0 Å². The minimum absolute atomic E-state index is 0.0166. The molecule has 1 aliphatic rings. The molecule has 2 aromatic rings. The zero-order valence-corrected chi connectivity index (χ0v) is 19.0. The van der Waals surface area contributed by atoms with Crippen LogP contribution in [0.4, 0.5) is 4.79 Å². The van der Waals surface area contributed by atoms with E-state index in [1.54, 1.807) is 11.7 Å². The fourth-order valence-electron chi connectivity index (χ4n) is 3.53. The average Bonchev–Trinajstić information content (AvgIpc) is 3.29. The second-order valence-electron chi connectivity index (χ2n) is 8.78. The molecule has 1 aromatic heterocycles. The molecule has 2 heterocycles. The summed E-state index contributed by atoms with van der Waals surface area (Å²) in [5.41, 5.74) is 4.20. The van der Waals surface area contributed by atoms with E-state index in [1.165, 1.54) is 0 Å². The fourth-order valence-corrected chi connectivity index (χ4v) is 3.53. The van der Waals surface area contributed by atoms with Gasteiger partial charge in [-0.3, -0.25) is 4.68 Å². The molecule has 0 amide bonds. The molecule has 0 aliphatic carbocycles. The lowest BCUT2D eigenvalue weighted by atomic mass is 9.86. The monoisotopic (exact) mass is 423 g/mol. The van der Waals surface area contributed by atoms with Crippen molar-refractivity contribution in [1.82, 2.24) is 9.78 Å². The van der Waals surface area contributed by atoms with Gasteiger partial charge >= 0.3 is 6.16 Å². The summed E-state index contributed by atoms with van der Waals surface area (Å²) in [4.78, 5) is 12.6. The Bertz CT molecular complexity index is 1030. The van der Waals surface area contributed by atoms with Gasteiger partial charge in [0.25, 0.3) is 0 Å². The minimum atomic E-state index is -0.859. The van der Waals surface area contributed by atoms with Gasteiger partial charge in [0.2, 0.25) is 0 Å². The van der Waals surface area contributed by atoms with E-state index >= 15 is 0 Å². The molecule has 1 unspecified atom stereocenters. The molecule has 0 spiro atoms. The number of hydrogen-bond acceptors (Lipinski definition) is 6. The number of ether oxygens (including phenoxy) is 3. The van der Waals surface area contributed by atoms with Gasteiger partial charge in [0.1, 0.15) is 23.4 Å². The zero-order valence-electron chi connectivity index (χ0n) is 19.0. The van der Waals surface area contributed by atoms with Crippen molar-refractivity contribution in [3.05, 3.63) is 52.3 Å². The summed E-state index contributed by atoms with van der Waals surface area (Å²) >= 11 is 0. The molecule has 0 saturated carbocycles. The number of hydrogen-bond donors (Lipinski definition) is 0. The first kappa shape index (κ1) is 22.6. The van der Waals surface area contributed by atoms with Gasteiger partial charge in [-0.25, -0.2) is 4.79 Å². The predicted molar refractivity (Wildman–Crippen MR) is 117 cm³/mol. The van der Waals surface area contributed by atoms with Crippen LogP contribution in [-0.2, 0) is 26.7 Å². The van der Waals surface area contributed by atoms with Gasteiger partial charge in [0.05, 0.1) is 18.9 Å². The number of allylic oxidation sites excluding steroid dienone is 1. The molecular weight excluding hydrogens is 394 g/mol. The summed E-state index contributed by atoms with van der Waals surface area (Å²) in [5, 5.41) is 14.5. The number of aromatic nitrogens is 2. The quantitative estimate of drug-likeness (QED) is 0.404. The summed E-state index contributed by atoms with van der Waals surface area (Å²) in [5.74, 6) is 0.135. The number of nitriles is 1. The lowest BCUT2D eigenvalue weighted by molar-refractivity contribution is 0.0444. The van der Waals surface area contributed by atoms with Crippen LogP contribution in [0.5, 0.6) is 0 Å². The van der Waals surface area contributed by atoms with Crippen molar-refractivity contribution >= 4 is 17.5 Å². The Morgan fingerprint density at radius 3 is 2.42 bits per heavy atom. The lowest BCUT2D eigenvalue weighted by Gasteiger charge is -2.19. The first-order valence-corrected chi connectivity index (χ1v) is 10.3. The highest BCUT2D eigenvalue weighted by atomic mass is 16.7. The third-order valence-electron chi connectivity index (χ3n) is 5.45. The lowest BCUT2D eigenvalue weighted by Crippen LogP contribution is -2.19. The fraction of sp³-hybridized carbons (Fsp3) is 0.458. The number of benzene rings is 1. The maximum atomic E-state index is 12.6. The number of carbonyl (C=O) groups excluding carboxylic acids is 1. The first-order valence-electron chi connectivity index (χ1n) is 10.3. The Balaban J connectivity index is 2.07. The molecule has 1 fully saturated rings. The van der Waals surface area contributed by atoms with Gasteiger partial charge in [-0.05, 0) is 30.4 Å². The third kappa shape index (κ3) is 4.97. The SMILES string of the molecule is Cc1nn(C)c(/C(OC(=O)OC2CCOC2)=C(\C#N)c2ccc(C(C)(C)C)cc2)c1C. The van der Waals surface area contributed by atoms with Gasteiger partial charge in [0.15, 0.2) is 5.76 Å². The van der Waals surface area contributed by atoms with Crippen LogP contribution < -0.4 is 0 Å². The molecule has 1 saturated heterocycles. The molecule has 3 rings (SSSR count). The molecule has 7 heteroatoms. The molecule has 0 radical (unpaired) electrons. The Labute approximate surface area is 183 Å². The van der Waals surface area contributed by atoms with Crippen LogP contribution in [-0.4, -0.2) is 35.3 Å². The second kappa shape index (κ2) is 8.94. The second-order valence-corrected chi connectivity index (χ2v) is 8.78. The highest BCUT2D eigenvalue weighted by Gasteiger charge is 2.27. The molecule has 7 nitrogen and oxygen atoms in total. The minimum Gasteiger partial charge on any atom is -0.428 e. The summed E-state index contributed by atoms with van der Waals surface area (Å²) in [6.45, 7) is 11.0. The van der Waals surface area contributed by atoms with Crippen molar-refractivity contribution in [2.75, 3.05) is 13.2 Å². The maximum absolute atomic E-state index is 12.6.